The summed E-state index contributed by atoms with van der Waals surface area (Å²) in [5.74, 6) is -0.316. The Morgan fingerprint density at radius 3 is 2.65 bits per heavy atom. The molecule has 2 rings (SSSR count). The van der Waals surface area contributed by atoms with E-state index in [0.717, 1.165) is 20.5 Å². The van der Waals surface area contributed by atoms with Crippen LogP contribution in [-0.4, -0.2) is 37.3 Å². The SMILES string of the molecule is CN(C)S(=O)(=O)c1ccc(CNC(=O)Cn2ccccc2=O)s1. The minimum absolute atomic E-state index is 0.0755. The molecule has 7 nitrogen and oxygen atoms in total. The van der Waals surface area contributed by atoms with E-state index in [1.54, 1.807) is 18.2 Å². The first-order valence-corrected chi connectivity index (χ1v) is 9.00. The summed E-state index contributed by atoms with van der Waals surface area (Å²) in [7, 11) is -0.522. The number of sulfonamides is 1. The third-order valence-corrected chi connectivity index (χ3v) is 6.41. The molecule has 2 aromatic heterocycles. The standard InChI is InChI=1S/C14H17N3O4S2/c1-16(2)23(20,21)14-7-6-11(22-14)9-15-12(18)10-17-8-4-3-5-13(17)19/h3-8H,9-10H2,1-2H3,(H,15,18). The van der Waals surface area contributed by atoms with Gasteiger partial charge in [0.05, 0.1) is 6.54 Å². The second-order valence-electron chi connectivity index (χ2n) is 4.95. The topological polar surface area (TPSA) is 88.5 Å². The number of hydrogen-bond donors (Lipinski definition) is 1. The van der Waals surface area contributed by atoms with Gasteiger partial charge in [-0.3, -0.25) is 9.59 Å². The molecule has 124 valence electrons. The molecule has 1 N–H and O–H groups in total. The van der Waals surface area contributed by atoms with Gasteiger partial charge in [-0.15, -0.1) is 11.3 Å². The molecule has 0 bridgehead atoms. The van der Waals surface area contributed by atoms with Gasteiger partial charge in [0.25, 0.3) is 15.6 Å². The van der Waals surface area contributed by atoms with Gasteiger partial charge in [-0.05, 0) is 18.2 Å². The number of aromatic nitrogens is 1. The Hall–Kier alpha value is -1.97. The average Bonchev–Trinajstić information content (AvgIpc) is 2.97. The Morgan fingerprint density at radius 1 is 1.26 bits per heavy atom. The summed E-state index contributed by atoms with van der Waals surface area (Å²) in [5.41, 5.74) is -0.252. The lowest BCUT2D eigenvalue weighted by Crippen LogP contribution is -2.31. The van der Waals surface area contributed by atoms with E-state index in [2.05, 4.69) is 5.32 Å². The van der Waals surface area contributed by atoms with E-state index < -0.39 is 10.0 Å². The van der Waals surface area contributed by atoms with Gasteiger partial charge in [0.1, 0.15) is 10.8 Å². The molecule has 0 aliphatic heterocycles. The Balaban J connectivity index is 1.97. The molecule has 0 saturated heterocycles. The summed E-state index contributed by atoms with van der Waals surface area (Å²) in [6.45, 7) is 0.141. The highest BCUT2D eigenvalue weighted by molar-refractivity contribution is 7.91. The van der Waals surface area contributed by atoms with Gasteiger partial charge in [-0.1, -0.05) is 6.07 Å². The minimum atomic E-state index is -3.46. The fourth-order valence-electron chi connectivity index (χ4n) is 1.76. The number of carbonyl (C=O) groups excluding carboxylic acids is 1. The molecule has 0 saturated carbocycles. The highest BCUT2D eigenvalue weighted by Crippen LogP contribution is 2.23. The summed E-state index contributed by atoms with van der Waals surface area (Å²) < 4.78 is 26.6. The second kappa shape index (κ2) is 7.07. The van der Waals surface area contributed by atoms with Gasteiger partial charge in [0, 0.05) is 31.2 Å². The molecule has 2 aromatic rings. The van der Waals surface area contributed by atoms with Crippen molar-refractivity contribution in [1.82, 2.24) is 14.2 Å². The first-order chi connectivity index (χ1) is 10.8. The quantitative estimate of drug-likeness (QED) is 0.816. The fourth-order valence-corrected chi connectivity index (χ4v) is 4.22. The Bertz CT molecular complexity index is 853. The Kier molecular flexibility index (Phi) is 5.34. The maximum atomic E-state index is 12.0. The van der Waals surface area contributed by atoms with Crippen molar-refractivity contribution in [1.29, 1.82) is 0 Å². The zero-order valence-electron chi connectivity index (χ0n) is 12.7. The maximum Gasteiger partial charge on any atom is 0.252 e. The van der Waals surface area contributed by atoms with Crippen molar-refractivity contribution in [3.05, 3.63) is 51.8 Å². The Morgan fingerprint density at radius 2 is 2.00 bits per heavy atom. The monoisotopic (exact) mass is 355 g/mol. The highest BCUT2D eigenvalue weighted by Gasteiger charge is 2.19. The predicted octanol–water partition coefficient (Wildman–Crippen LogP) is 0.477. The van der Waals surface area contributed by atoms with Gasteiger partial charge < -0.3 is 9.88 Å². The van der Waals surface area contributed by atoms with Gasteiger partial charge in [-0.25, -0.2) is 12.7 Å². The number of nitrogens with one attached hydrogen (secondary N) is 1. The number of carbonyl (C=O) groups is 1. The molecule has 0 spiro atoms. The van der Waals surface area contributed by atoms with E-state index in [-0.39, 0.29) is 28.8 Å². The zero-order chi connectivity index (χ0) is 17.0. The second-order valence-corrected chi connectivity index (χ2v) is 8.50. The first kappa shape index (κ1) is 17.4. The number of thiophene rings is 1. The lowest BCUT2D eigenvalue weighted by molar-refractivity contribution is -0.121. The van der Waals surface area contributed by atoms with Crippen LogP contribution in [0.2, 0.25) is 0 Å². The Labute approximate surface area is 138 Å². The van der Waals surface area contributed by atoms with Crippen molar-refractivity contribution in [2.24, 2.45) is 0 Å². The number of amides is 1. The van der Waals surface area contributed by atoms with Crippen molar-refractivity contribution in [3.63, 3.8) is 0 Å². The molecule has 2 heterocycles. The van der Waals surface area contributed by atoms with E-state index in [1.807, 2.05) is 0 Å². The van der Waals surface area contributed by atoms with E-state index in [0.29, 0.717) is 0 Å². The van der Waals surface area contributed by atoms with Crippen LogP contribution in [0, 0.1) is 0 Å². The smallest absolute Gasteiger partial charge is 0.252 e. The first-order valence-electron chi connectivity index (χ1n) is 6.74. The molecule has 0 aliphatic carbocycles. The maximum absolute atomic E-state index is 12.0. The summed E-state index contributed by atoms with van der Waals surface area (Å²) in [6, 6.07) is 7.84. The van der Waals surface area contributed by atoms with Crippen molar-refractivity contribution >= 4 is 27.3 Å². The summed E-state index contributed by atoms with van der Waals surface area (Å²) in [4.78, 5) is 24.1. The van der Waals surface area contributed by atoms with Crippen LogP contribution < -0.4 is 10.9 Å². The van der Waals surface area contributed by atoms with Crippen molar-refractivity contribution < 1.29 is 13.2 Å². The van der Waals surface area contributed by atoms with Gasteiger partial charge in [-0.2, -0.15) is 0 Å². The highest BCUT2D eigenvalue weighted by atomic mass is 32.2. The van der Waals surface area contributed by atoms with Crippen LogP contribution in [0.15, 0.2) is 45.5 Å². The van der Waals surface area contributed by atoms with E-state index >= 15 is 0 Å². The number of nitrogens with zero attached hydrogens (tertiary/aromatic N) is 2. The van der Waals surface area contributed by atoms with Gasteiger partial charge >= 0.3 is 0 Å². The predicted molar refractivity (Wildman–Crippen MR) is 87.7 cm³/mol. The number of pyridine rings is 1. The molecule has 1 amide bonds. The summed E-state index contributed by atoms with van der Waals surface area (Å²) >= 11 is 1.11. The molecular weight excluding hydrogens is 338 g/mol. The molecule has 0 unspecified atom stereocenters. The van der Waals surface area contributed by atoms with E-state index in [4.69, 9.17) is 0 Å². The van der Waals surface area contributed by atoms with Crippen LogP contribution in [-0.2, 0) is 27.9 Å². The third kappa shape index (κ3) is 4.27. The molecule has 0 fully saturated rings. The largest absolute Gasteiger partial charge is 0.350 e. The normalized spacial score (nSPS) is 11.6. The molecule has 0 aromatic carbocycles. The fraction of sp³-hybridized carbons (Fsp3) is 0.286. The van der Waals surface area contributed by atoms with Crippen LogP contribution in [0.1, 0.15) is 4.88 Å². The molecule has 0 radical (unpaired) electrons. The van der Waals surface area contributed by atoms with E-state index in [9.17, 15) is 18.0 Å². The van der Waals surface area contributed by atoms with Gasteiger partial charge in [0.2, 0.25) is 5.91 Å². The van der Waals surface area contributed by atoms with Crippen LogP contribution >= 0.6 is 11.3 Å². The third-order valence-electron chi connectivity index (χ3n) is 3.04. The lowest BCUT2D eigenvalue weighted by Gasteiger charge is -2.08. The molecular formula is C14H17N3O4S2. The van der Waals surface area contributed by atoms with Crippen molar-refractivity contribution in [3.8, 4) is 0 Å². The number of hydrogen-bond acceptors (Lipinski definition) is 5. The molecule has 0 atom stereocenters. The van der Waals surface area contributed by atoms with Crippen LogP contribution in [0.5, 0.6) is 0 Å². The molecule has 23 heavy (non-hydrogen) atoms. The lowest BCUT2D eigenvalue weighted by atomic mass is 10.4. The van der Waals surface area contributed by atoms with E-state index in [1.165, 1.54) is 37.0 Å². The van der Waals surface area contributed by atoms with Crippen molar-refractivity contribution in [2.45, 2.75) is 17.3 Å². The minimum Gasteiger partial charge on any atom is -0.350 e. The van der Waals surface area contributed by atoms with Crippen molar-refractivity contribution in [2.75, 3.05) is 14.1 Å². The zero-order valence-corrected chi connectivity index (χ0v) is 14.4. The van der Waals surface area contributed by atoms with Crippen LogP contribution in [0.25, 0.3) is 0 Å². The average molecular weight is 355 g/mol. The van der Waals surface area contributed by atoms with Gasteiger partial charge in [0.15, 0.2) is 0 Å². The van der Waals surface area contributed by atoms with Crippen LogP contribution in [0.4, 0.5) is 0 Å². The molecule has 0 aliphatic rings. The summed E-state index contributed by atoms with van der Waals surface area (Å²) in [6.07, 6.45) is 1.54. The van der Waals surface area contributed by atoms with Crippen LogP contribution in [0.3, 0.4) is 0 Å². The molecule has 9 heteroatoms. The number of rotatable bonds is 6. The summed E-state index contributed by atoms with van der Waals surface area (Å²) in [5, 5.41) is 2.67.